The Morgan fingerprint density at radius 1 is 1.25 bits per heavy atom. The van der Waals surface area contributed by atoms with Crippen LogP contribution in [0.1, 0.15) is 28.9 Å². The van der Waals surface area contributed by atoms with Crippen molar-refractivity contribution in [2.24, 2.45) is 5.92 Å². The molecule has 1 aliphatic heterocycles. The zero-order chi connectivity index (χ0) is 19.3. The predicted octanol–water partition coefficient (Wildman–Crippen LogP) is 3.57. The van der Waals surface area contributed by atoms with Crippen molar-refractivity contribution < 1.29 is 14.0 Å². The molecule has 144 valence electrons. The summed E-state index contributed by atoms with van der Waals surface area (Å²) in [6.07, 6.45) is 4.53. The van der Waals surface area contributed by atoms with Gasteiger partial charge in [-0.05, 0) is 18.9 Å². The number of carbonyl (C=O) groups excluding carboxylic acids is 2. The zero-order valence-corrected chi connectivity index (χ0v) is 16.2. The van der Waals surface area contributed by atoms with Crippen LogP contribution in [0.4, 0.5) is 0 Å². The minimum Gasteiger partial charge on any atom is -0.472 e. The summed E-state index contributed by atoms with van der Waals surface area (Å²) < 4.78 is 4.99. The maximum Gasteiger partial charge on any atom is 0.257 e. The Bertz CT molecular complexity index is 937. The van der Waals surface area contributed by atoms with Crippen molar-refractivity contribution in [1.29, 1.82) is 0 Å². The van der Waals surface area contributed by atoms with Gasteiger partial charge in [-0.15, -0.1) is 11.3 Å². The highest BCUT2D eigenvalue weighted by atomic mass is 32.1. The third kappa shape index (κ3) is 4.14. The normalized spacial score (nSPS) is 16.7. The molecule has 28 heavy (non-hydrogen) atoms. The molecule has 1 N–H and O–H groups in total. The van der Waals surface area contributed by atoms with Gasteiger partial charge in [0.05, 0.1) is 30.0 Å². The lowest BCUT2D eigenvalue weighted by molar-refractivity contribution is -0.126. The lowest BCUT2D eigenvalue weighted by Gasteiger charge is -2.31. The summed E-state index contributed by atoms with van der Waals surface area (Å²) in [5.74, 6) is -0.311. The lowest BCUT2D eigenvalue weighted by Crippen LogP contribution is -2.45. The Kier molecular flexibility index (Phi) is 5.53. The molecular formula is C21H21N3O3S. The molecule has 1 saturated heterocycles. The molecule has 0 bridgehead atoms. The number of hydrogen-bond donors (Lipinski definition) is 1. The third-order valence-corrected chi connectivity index (χ3v) is 5.80. The number of thiazole rings is 1. The Hall–Kier alpha value is -2.93. The molecule has 0 aliphatic carbocycles. The van der Waals surface area contributed by atoms with E-state index in [0.29, 0.717) is 25.2 Å². The van der Waals surface area contributed by atoms with Gasteiger partial charge in [-0.2, -0.15) is 0 Å². The molecule has 1 aliphatic rings. The van der Waals surface area contributed by atoms with Crippen LogP contribution in [-0.2, 0) is 11.3 Å². The molecule has 0 unspecified atom stereocenters. The highest BCUT2D eigenvalue weighted by Gasteiger charge is 2.29. The summed E-state index contributed by atoms with van der Waals surface area (Å²) >= 11 is 1.57. The Labute approximate surface area is 167 Å². The molecule has 2 amide bonds. The van der Waals surface area contributed by atoms with Crippen LogP contribution in [0.2, 0.25) is 0 Å². The van der Waals surface area contributed by atoms with E-state index in [9.17, 15) is 9.59 Å². The molecule has 3 heterocycles. The van der Waals surface area contributed by atoms with Crippen LogP contribution < -0.4 is 5.32 Å². The number of rotatable bonds is 5. The molecule has 1 atom stereocenters. The first-order chi connectivity index (χ1) is 13.7. The highest BCUT2D eigenvalue weighted by Crippen LogP contribution is 2.23. The van der Waals surface area contributed by atoms with E-state index in [2.05, 4.69) is 10.3 Å². The summed E-state index contributed by atoms with van der Waals surface area (Å²) in [6, 6.07) is 11.6. The minimum atomic E-state index is -0.197. The maximum atomic E-state index is 12.6. The van der Waals surface area contributed by atoms with Crippen LogP contribution in [0.25, 0.3) is 10.6 Å². The second-order valence-electron chi connectivity index (χ2n) is 6.83. The summed E-state index contributed by atoms with van der Waals surface area (Å²) in [5.41, 5.74) is 2.45. The van der Waals surface area contributed by atoms with E-state index in [4.69, 9.17) is 4.42 Å². The SMILES string of the molecule is O=C(NCc1csc(-c2ccccc2)n1)[C@H]1CCCN(C(=O)c2ccoc2)C1. The van der Waals surface area contributed by atoms with E-state index in [0.717, 1.165) is 29.1 Å². The van der Waals surface area contributed by atoms with Gasteiger partial charge in [0.2, 0.25) is 5.91 Å². The summed E-state index contributed by atoms with van der Waals surface area (Å²) in [7, 11) is 0. The topological polar surface area (TPSA) is 75.4 Å². The fourth-order valence-corrected chi connectivity index (χ4v) is 4.19. The van der Waals surface area contributed by atoms with Crippen LogP contribution in [0.3, 0.4) is 0 Å². The van der Waals surface area contributed by atoms with Crippen LogP contribution in [-0.4, -0.2) is 34.8 Å². The first-order valence-electron chi connectivity index (χ1n) is 9.30. The Morgan fingerprint density at radius 2 is 2.11 bits per heavy atom. The fourth-order valence-electron chi connectivity index (χ4n) is 3.37. The van der Waals surface area contributed by atoms with Gasteiger partial charge < -0.3 is 14.6 Å². The molecule has 6 nitrogen and oxygen atoms in total. The first kappa shape index (κ1) is 18.4. The van der Waals surface area contributed by atoms with Crippen LogP contribution in [0.15, 0.2) is 58.7 Å². The van der Waals surface area contributed by atoms with Crippen LogP contribution in [0.5, 0.6) is 0 Å². The van der Waals surface area contributed by atoms with E-state index < -0.39 is 0 Å². The molecule has 2 aromatic heterocycles. The molecule has 7 heteroatoms. The number of carbonyl (C=O) groups is 2. The lowest BCUT2D eigenvalue weighted by atomic mass is 9.96. The van der Waals surface area contributed by atoms with Gasteiger partial charge in [0, 0.05) is 24.0 Å². The molecule has 0 spiro atoms. The van der Waals surface area contributed by atoms with Crippen molar-refractivity contribution in [3.8, 4) is 10.6 Å². The quantitative estimate of drug-likeness (QED) is 0.717. The highest BCUT2D eigenvalue weighted by molar-refractivity contribution is 7.13. The van der Waals surface area contributed by atoms with Crippen molar-refractivity contribution in [3.05, 3.63) is 65.6 Å². The van der Waals surface area contributed by atoms with Crippen LogP contribution in [0, 0.1) is 5.92 Å². The fraction of sp³-hybridized carbons (Fsp3) is 0.286. The van der Waals surface area contributed by atoms with Crippen molar-refractivity contribution >= 4 is 23.2 Å². The van der Waals surface area contributed by atoms with E-state index in [1.807, 2.05) is 35.7 Å². The van der Waals surface area contributed by atoms with Crippen molar-refractivity contribution in [1.82, 2.24) is 15.2 Å². The number of nitrogens with one attached hydrogen (secondary N) is 1. The summed E-state index contributed by atoms with van der Waals surface area (Å²) in [6.45, 7) is 1.50. The van der Waals surface area contributed by atoms with E-state index >= 15 is 0 Å². The maximum absolute atomic E-state index is 12.6. The Balaban J connectivity index is 1.32. The van der Waals surface area contributed by atoms with Crippen molar-refractivity contribution in [2.45, 2.75) is 19.4 Å². The van der Waals surface area contributed by atoms with Gasteiger partial charge in [0.1, 0.15) is 11.3 Å². The monoisotopic (exact) mass is 395 g/mol. The number of nitrogens with zero attached hydrogens (tertiary/aromatic N) is 2. The van der Waals surface area contributed by atoms with Crippen molar-refractivity contribution in [3.63, 3.8) is 0 Å². The second-order valence-corrected chi connectivity index (χ2v) is 7.69. The second kappa shape index (κ2) is 8.39. The average molecular weight is 395 g/mol. The number of piperidine rings is 1. The number of aromatic nitrogens is 1. The molecular weight excluding hydrogens is 374 g/mol. The van der Waals surface area contributed by atoms with Gasteiger partial charge >= 0.3 is 0 Å². The van der Waals surface area contributed by atoms with Gasteiger partial charge in [-0.1, -0.05) is 30.3 Å². The van der Waals surface area contributed by atoms with E-state index in [-0.39, 0.29) is 17.7 Å². The number of benzene rings is 1. The van der Waals surface area contributed by atoms with Gasteiger partial charge in [-0.3, -0.25) is 9.59 Å². The van der Waals surface area contributed by atoms with Gasteiger partial charge in [0.15, 0.2) is 0 Å². The Morgan fingerprint density at radius 3 is 2.89 bits per heavy atom. The largest absolute Gasteiger partial charge is 0.472 e. The number of likely N-dealkylation sites (tertiary alicyclic amines) is 1. The number of furan rings is 1. The summed E-state index contributed by atoms with van der Waals surface area (Å²) in [5, 5.41) is 5.89. The molecule has 4 rings (SSSR count). The summed E-state index contributed by atoms with van der Waals surface area (Å²) in [4.78, 5) is 31.4. The number of hydrogen-bond acceptors (Lipinski definition) is 5. The van der Waals surface area contributed by atoms with Crippen molar-refractivity contribution in [2.75, 3.05) is 13.1 Å². The van der Waals surface area contributed by atoms with E-state index in [1.165, 1.54) is 12.5 Å². The minimum absolute atomic E-state index is 0.0287. The standard InChI is InChI=1S/C21H21N3O3S/c25-19(16-7-4-9-24(12-16)21(26)17-8-10-27-13-17)22-11-18-14-28-20(23-18)15-5-2-1-3-6-15/h1-3,5-6,8,10,13-14,16H,4,7,9,11-12H2,(H,22,25)/t16-/m0/s1. The molecule has 3 aromatic rings. The first-order valence-corrected chi connectivity index (χ1v) is 10.2. The van der Waals surface area contributed by atoms with Gasteiger partial charge in [0.25, 0.3) is 5.91 Å². The third-order valence-electron chi connectivity index (χ3n) is 4.86. The molecule has 1 fully saturated rings. The predicted molar refractivity (Wildman–Crippen MR) is 107 cm³/mol. The average Bonchev–Trinajstić information content (AvgIpc) is 3.44. The van der Waals surface area contributed by atoms with Gasteiger partial charge in [-0.25, -0.2) is 4.98 Å². The zero-order valence-electron chi connectivity index (χ0n) is 15.3. The number of amides is 2. The van der Waals surface area contributed by atoms with E-state index in [1.54, 1.807) is 22.3 Å². The van der Waals surface area contributed by atoms with Crippen LogP contribution >= 0.6 is 11.3 Å². The molecule has 1 aromatic carbocycles. The smallest absolute Gasteiger partial charge is 0.257 e. The molecule has 0 radical (unpaired) electrons. The molecule has 0 saturated carbocycles.